The molecular formula is C17H17FN2S. The summed E-state index contributed by atoms with van der Waals surface area (Å²) < 4.78 is 13.7. The predicted molar refractivity (Wildman–Crippen MR) is 88.1 cm³/mol. The van der Waals surface area contributed by atoms with Gasteiger partial charge in [0.25, 0.3) is 0 Å². The molecular weight excluding hydrogens is 283 g/mol. The van der Waals surface area contributed by atoms with Gasteiger partial charge in [0, 0.05) is 23.8 Å². The number of rotatable bonds is 3. The number of hydrogen-bond acceptors (Lipinski definition) is 2. The minimum Gasteiger partial charge on any atom is -0.389 e. The second-order valence-electron chi connectivity index (χ2n) is 5.49. The van der Waals surface area contributed by atoms with Crippen LogP contribution < -0.4 is 10.6 Å². The van der Waals surface area contributed by atoms with Crippen molar-refractivity contribution in [2.75, 3.05) is 4.90 Å². The molecule has 2 N–H and O–H groups in total. The van der Waals surface area contributed by atoms with E-state index in [0.29, 0.717) is 11.6 Å². The first kappa shape index (κ1) is 14.0. The van der Waals surface area contributed by atoms with Gasteiger partial charge in [0.15, 0.2) is 0 Å². The van der Waals surface area contributed by atoms with Crippen molar-refractivity contribution < 1.29 is 4.39 Å². The Morgan fingerprint density at radius 1 is 1.33 bits per heavy atom. The fourth-order valence-electron chi connectivity index (χ4n) is 2.93. The minimum atomic E-state index is -0.360. The first-order chi connectivity index (χ1) is 10.1. The molecule has 0 aliphatic carbocycles. The minimum absolute atomic E-state index is 0.101. The molecule has 1 heterocycles. The van der Waals surface area contributed by atoms with Gasteiger partial charge in [-0.15, -0.1) is 0 Å². The molecule has 0 fully saturated rings. The third-order valence-electron chi connectivity index (χ3n) is 4.00. The highest BCUT2D eigenvalue weighted by Gasteiger charge is 2.25. The van der Waals surface area contributed by atoms with Gasteiger partial charge in [0.05, 0.1) is 0 Å². The topological polar surface area (TPSA) is 29.3 Å². The van der Waals surface area contributed by atoms with Crippen molar-refractivity contribution in [2.45, 2.75) is 25.9 Å². The van der Waals surface area contributed by atoms with E-state index in [4.69, 9.17) is 18.0 Å². The molecule has 2 aromatic rings. The predicted octanol–water partition coefficient (Wildman–Crippen LogP) is 3.41. The van der Waals surface area contributed by atoms with Crippen molar-refractivity contribution in [3.63, 3.8) is 0 Å². The quantitative estimate of drug-likeness (QED) is 0.881. The lowest BCUT2D eigenvalue weighted by molar-refractivity contribution is 0.623. The first-order valence-corrected chi connectivity index (χ1v) is 7.40. The monoisotopic (exact) mass is 300 g/mol. The second-order valence-corrected chi connectivity index (χ2v) is 5.93. The van der Waals surface area contributed by atoms with Gasteiger partial charge in [-0.1, -0.05) is 36.5 Å². The van der Waals surface area contributed by atoms with Crippen LogP contribution in [0.4, 0.5) is 10.1 Å². The van der Waals surface area contributed by atoms with Gasteiger partial charge in [-0.2, -0.15) is 0 Å². The highest BCUT2D eigenvalue weighted by molar-refractivity contribution is 7.80. The van der Waals surface area contributed by atoms with Gasteiger partial charge in [0.2, 0.25) is 0 Å². The van der Waals surface area contributed by atoms with E-state index in [9.17, 15) is 4.39 Å². The Kier molecular flexibility index (Phi) is 3.64. The Hall–Kier alpha value is -1.94. The van der Waals surface area contributed by atoms with Gasteiger partial charge in [-0.05, 0) is 42.7 Å². The van der Waals surface area contributed by atoms with Gasteiger partial charge in [-0.25, -0.2) is 4.39 Å². The zero-order valence-electron chi connectivity index (χ0n) is 11.8. The SMILES string of the molecule is CC1Cc2ccccc2N1Cc1ccc(F)c(C(N)=S)c1. The van der Waals surface area contributed by atoms with Gasteiger partial charge in [-0.3, -0.25) is 0 Å². The summed E-state index contributed by atoms with van der Waals surface area (Å²) in [7, 11) is 0. The fraction of sp³-hybridized carbons (Fsp3) is 0.235. The number of halogens is 1. The maximum Gasteiger partial charge on any atom is 0.133 e. The van der Waals surface area contributed by atoms with E-state index >= 15 is 0 Å². The summed E-state index contributed by atoms with van der Waals surface area (Å²) in [6, 6.07) is 13.8. The van der Waals surface area contributed by atoms with E-state index in [1.54, 1.807) is 12.1 Å². The third-order valence-corrected chi connectivity index (χ3v) is 4.22. The zero-order valence-corrected chi connectivity index (χ0v) is 12.7. The average molecular weight is 300 g/mol. The largest absolute Gasteiger partial charge is 0.389 e. The molecule has 1 unspecified atom stereocenters. The van der Waals surface area contributed by atoms with Crippen LogP contribution in [0.5, 0.6) is 0 Å². The lowest BCUT2D eigenvalue weighted by Gasteiger charge is -2.25. The average Bonchev–Trinajstić information content (AvgIpc) is 2.77. The number of thiocarbonyl (C=S) groups is 1. The summed E-state index contributed by atoms with van der Waals surface area (Å²) in [6.07, 6.45) is 1.04. The van der Waals surface area contributed by atoms with Crippen LogP contribution in [0.15, 0.2) is 42.5 Å². The van der Waals surface area contributed by atoms with Gasteiger partial charge >= 0.3 is 0 Å². The van der Waals surface area contributed by atoms with Gasteiger partial charge < -0.3 is 10.6 Å². The fourth-order valence-corrected chi connectivity index (χ4v) is 3.08. The molecule has 1 aliphatic heterocycles. The van der Waals surface area contributed by atoms with E-state index in [2.05, 4.69) is 36.1 Å². The lowest BCUT2D eigenvalue weighted by Crippen LogP contribution is -2.28. The number of benzene rings is 2. The van der Waals surface area contributed by atoms with E-state index < -0.39 is 0 Å². The second kappa shape index (κ2) is 5.45. The summed E-state index contributed by atoms with van der Waals surface area (Å²) in [5, 5.41) is 0. The molecule has 0 aromatic heterocycles. The molecule has 2 nitrogen and oxygen atoms in total. The Morgan fingerprint density at radius 3 is 2.86 bits per heavy atom. The van der Waals surface area contributed by atoms with Crippen LogP contribution in [-0.2, 0) is 13.0 Å². The summed E-state index contributed by atoms with van der Waals surface area (Å²) in [5.41, 5.74) is 9.53. The Bertz CT molecular complexity index is 699. The van der Waals surface area contributed by atoms with Crippen LogP contribution in [0.3, 0.4) is 0 Å². The smallest absolute Gasteiger partial charge is 0.133 e. The van der Waals surface area contributed by atoms with E-state index in [1.165, 1.54) is 17.3 Å². The molecule has 0 saturated carbocycles. The summed E-state index contributed by atoms with van der Waals surface area (Å²) in [5.74, 6) is -0.360. The maximum absolute atomic E-state index is 13.7. The highest BCUT2D eigenvalue weighted by Crippen LogP contribution is 2.33. The molecule has 0 amide bonds. The van der Waals surface area contributed by atoms with Crippen LogP contribution in [-0.4, -0.2) is 11.0 Å². The molecule has 0 saturated heterocycles. The van der Waals surface area contributed by atoms with Crippen LogP contribution in [0, 0.1) is 5.82 Å². The van der Waals surface area contributed by atoms with Crippen molar-refractivity contribution in [1.82, 2.24) is 0 Å². The Labute approximate surface area is 129 Å². The summed E-state index contributed by atoms with van der Waals surface area (Å²) in [6.45, 7) is 2.94. The molecule has 0 spiro atoms. The molecule has 108 valence electrons. The highest BCUT2D eigenvalue weighted by atomic mass is 32.1. The molecule has 21 heavy (non-hydrogen) atoms. The Morgan fingerprint density at radius 2 is 2.10 bits per heavy atom. The van der Waals surface area contributed by atoms with Crippen LogP contribution >= 0.6 is 12.2 Å². The maximum atomic E-state index is 13.7. The number of anilines is 1. The Balaban J connectivity index is 1.91. The summed E-state index contributed by atoms with van der Waals surface area (Å²) >= 11 is 4.90. The van der Waals surface area contributed by atoms with E-state index in [0.717, 1.165) is 18.5 Å². The standard InChI is InChI=1S/C17H17FN2S/c1-11-8-13-4-2-3-5-16(13)20(11)10-12-6-7-15(18)14(9-12)17(19)21/h2-7,9,11H,8,10H2,1H3,(H2,19,21). The van der Waals surface area contributed by atoms with Crippen molar-refractivity contribution >= 4 is 22.9 Å². The number of hydrogen-bond donors (Lipinski definition) is 1. The van der Waals surface area contributed by atoms with Crippen molar-refractivity contribution in [1.29, 1.82) is 0 Å². The van der Waals surface area contributed by atoms with E-state index in [1.807, 2.05) is 0 Å². The van der Waals surface area contributed by atoms with Crippen LogP contribution in [0.2, 0.25) is 0 Å². The number of fused-ring (bicyclic) bond motifs is 1. The van der Waals surface area contributed by atoms with Crippen molar-refractivity contribution in [3.05, 3.63) is 65.0 Å². The first-order valence-electron chi connectivity index (χ1n) is 6.99. The molecule has 1 aliphatic rings. The summed E-state index contributed by atoms with van der Waals surface area (Å²) in [4.78, 5) is 2.44. The van der Waals surface area contributed by atoms with Crippen LogP contribution in [0.25, 0.3) is 0 Å². The number of nitrogens with zero attached hydrogens (tertiary/aromatic N) is 1. The molecule has 1 atom stereocenters. The number of nitrogens with two attached hydrogens (primary N) is 1. The molecule has 0 radical (unpaired) electrons. The molecule has 0 bridgehead atoms. The molecule has 3 rings (SSSR count). The third kappa shape index (κ3) is 2.63. The van der Waals surface area contributed by atoms with E-state index in [-0.39, 0.29) is 10.8 Å². The normalized spacial score (nSPS) is 16.9. The van der Waals surface area contributed by atoms with Gasteiger partial charge in [0.1, 0.15) is 10.8 Å². The molecule has 2 aromatic carbocycles. The lowest BCUT2D eigenvalue weighted by atomic mass is 10.1. The molecule has 4 heteroatoms. The van der Waals surface area contributed by atoms with Crippen molar-refractivity contribution in [2.24, 2.45) is 5.73 Å². The number of para-hydroxylation sites is 1. The van der Waals surface area contributed by atoms with Crippen molar-refractivity contribution in [3.8, 4) is 0 Å². The van der Waals surface area contributed by atoms with Crippen LogP contribution in [0.1, 0.15) is 23.6 Å². The zero-order chi connectivity index (χ0) is 15.0.